The second-order valence-electron chi connectivity index (χ2n) is 5.63. The molecule has 20 heavy (non-hydrogen) atoms. The Balaban J connectivity index is 2.12. The number of carbonyl (C=O) groups is 1. The van der Waals surface area contributed by atoms with Crippen molar-refractivity contribution < 1.29 is 9.53 Å². The normalized spacial score (nSPS) is 17.3. The second kappa shape index (κ2) is 7.44. The summed E-state index contributed by atoms with van der Waals surface area (Å²) >= 11 is 0. The van der Waals surface area contributed by atoms with Crippen LogP contribution in [0.3, 0.4) is 0 Å². The van der Waals surface area contributed by atoms with Crippen molar-refractivity contribution in [2.24, 2.45) is 0 Å². The molecule has 1 aliphatic heterocycles. The smallest absolute Gasteiger partial charge is 0.159 e. The minimum Gasteiger partial charge on any atom is -0.496 e. The van der Waals surface area contributed by atoms with E-state index >= 15 is 0 Å². The van der Waals surface area contributed by atoms with E-state index in [-0.39, 0.29) is 5.78 Å². The zero-order chi connectivity index (χ0) is 14.4. The van der Waals surface area contributed by atoms with E-state index in [2.05, 4.69) is 4.90 Å². The molecule has 3 heteroatoms. The van der Waals surface area contributed by atoms with Crippen LogP contribution >= 0.6 is 0 Å². The zero-order valence-corrected chi connectivity index (χ0v) is 12.7. The van der Waals surface area contributed by atoms with E-state index in [1.54, 1.807) is 14.0 Å². The van der Waals surface area contributed by atoms with Crippen molar-refractivity contribution in [1.29, 1.82) is 0 Å². The number of ether oxygens (including phenoxy) is 1. The van der Waals surface area contributed by atoms with Gasteiger partial charge in [-0.3, -0.25) is 9.69 Å². The van der Waals surface area contributed by atoms with E-state index < -0.39 is 0 Å². The molecule has 3 nitrogen and oxygen atoms in total. The van der Waals surface area contributed by atoms with Gasteiger partial charge in [0.05, 0.1) is 7.11 Å². The highest BCUT2D eigenvalue weighted by Crippen LogP contribution is 2.23. The van der Waals surface area contributed by atoms with Crippen LogP contribution in [0, 0.1) is 0 Å². The van der Waals surface area contributed by atoms with Gasteiger partial charge in [0.15, 0.2) is 5.78 Å². The van der Waals surface area contributed by atoms with Gasteiger partial charge in [-0.25, -0.2) is 0 Å². The van der Waals surface area contributed by atoms with Crippen LogP contribution in [-0.4, -0.2) is 30.9 Å². The molecule has 2 rings (SSSR count). The third kappa shape index (κ3) is 4.07. The molecule has 0 aromatic heterocycles. The zero-order valence-electron chi connectivity index (χ0n) is 12.7. The Labute approximate surface area is 121 Å². The molecule has 0 amide bonds. The summed E-state index contributed by atoms with van der Waals surface area (Å²) in [6.07, 6.45) is 6.59. The first-order chi connectivity index (χ1) is 9.70. The Hall–Kier alpha value is -1.35. The number of hydrogen-bond acceptors (Lipinski definition) is 3. The molecule has 0 unspecified atom stereocenters. The van der Waals surface area contributed by atoms with Crippen LogP contribution in [0.4, 0.5) is 0 Å². The fraction of sp³-hybridized carbons (Fsp3) is 0.588. The Bertz CT molecular complexity index is 448. The van der Waals surface area contributed by atoms with E-state index in [1.807, 2.05) is 18.2 Å². The van der Waals surface area contributed by atoms with E-state index in [4.69, 9.17) is 4.74 Å². The van der Waals surface area contributed by atoms with Crippen molar-refractivity contribution in [3.05, 3.63) is 29.3 Å². The molecule has 1 heterocycles. The van der Waals surface area contributed by atoms with Crippen molar-refractivity contribution in [1.82, 2.24) is 4.90 Å². The summed E-state index contributed by atoms with van der Waals surface area (Å²) in [6, 6.07) is 5.74. The summed E-state index contributed by atoms with van der Waals surface area (Å²) in [5.41, 5.74) is 1.90. The number of hydrogen-bond donors (Lipinski definition) is 0. The quantitative estimate of drug-likeness (QED) is 0.785. The van der Waals surface area contributed by atoms with Gasteiger partial charge in [-0.2, -0.15) is 0 Å². The van der Waals surface area contributed by atoms with Gasteiger partial charge in [-0.15, -0.1) is 0 Å². The molecular formula is C17H25NO2. The number of nitrogens with zero attached hydrogens (tertiary/aromatic N) is 1. The predicted molar refractivity (Wildman–Crippen MR) is 81.4 cm³/mol. The molecule has 0 radical (unpaired) electrons. The van der Waals surface area contributed by atoms with Crippen LogP contribution in [0.2, 0.25) is 0 Å². The topological polar surface area (TPSA) is 29.5 Å². The molecule has 0 saturated carbocycles. The van der Waals surface area contributed by atoms with E-state index in [0.717, 1.165) is 36.5 Å². The van der Waals surface area contributed by atoms with Crippen molar-refractivity contribution >= 4 is 5.78 Å². The van der Waals surface area contributed by atoms with Crippen LogP contribution in [0.25, 0.3) is 0 Å². The third-order valence-corrected chi connectivity index (χ3v) is 4.03. The standard InChI is InChI=1S/C17H25NO2/c1-14(19)15-8-9-17(20-2)16(12-15)13-18-10-6-4-3-5-7-11-18/h8-9,12H,3-7,10-11,13H2,1-2H3. The van der Waals surface area contributed by atoms with Crippen molar-refractivity contribution in [3.8, 4) is 5.75 Å². The molecule has 1 aromatic rings. The highest BCUT2D eigenvalue weighted by Gasteiger charge is 2.13. The molecule has 0 atom stereocenters. The molecule has 0 N–H and O–H groups in total. The van der Waals surface area contributed by atoms with Crippen molar-refractivity contribution in [2.45, 2.75) is 45.6 Å². The molecule has 0 bridgehead atoms. The Morgan fingerprint density at radius 1 is 1.15 bits per heavy atom. The minimum atomic E-state index is 0.113. The second-order valence-corrected chi connectivity index (χ2v) is 5.63. The lowest BCUT2D eigenvalue weighted by atomic mass is 10.0. The van der Waals surface area contributed by atoms with Crippen LogP contribution in [0.5, 0.6) is 5.75 Å². The molecule has 1 fully saturated rings. The third-order valence-electron chi connectivity index (χ3n) is 4.03. The number of Topliss-reactive ketones (excluding diaryl/α,β-unsaturated/α-hetero) is 1. The average molecular weight is 275 g/mol. The van der Waals surface area contributed by atoms with Gasteiger partial charge < -0.3 is 4.74 Å². The largest absolute Gasteiger partial charge is 0.496 e. The van der Waals surface area contributed by atoms with Crippen molar-refractivity contribution in [2.75, 3.05) is 20.2 Å². The first-order valence-corrected chi connectivity index (χ1v) is 7.61. The van der Waals surface area contributed by atoms with Gasteiger partial charge in [0.2, 0.25) is 0 Å². The predicted octanol–water partition coefficient (Wildman–Crippen LogP) is 3.66. The minimum absolute atomic E-state index is 0.113. The average Bonchev–Trinajstić information content (AvgIpc) is 2.41. The number of benzene rings is 1. The molecule has 110 valence electrons. The van der Waals surface area contributed by atoms with Gasteiger partial charge in [-0.05, 0) is 51.1 Å². The molecule has 1 saturated heterocycles. The van der Waals surface area contributed by atoms with Crippen LogP contribution in [-0.2, 0) is 6.54 Å². The lowest BCUT2D eigenvalue weighted by molar-refractivity contribution is 0.101. The molecule has 1 aliphatic rings. The number of rotatable bonds is 4. The number of carbonyl (C=O) groups excluding carboxylic acids is 1. The van der Waals surface area contributed by atoms with Crippen molar-refractivity contribution in [3.63, 3.8) is 0 Å². The fourth-order valence-corrected chi connectivity index (χ4v) is 2.83. The van der Waals surface area contributed by atoms with Crippen LogP contribution in [0.1, 0.15) is 54.9 Å². The fourth-order valence-electron chi connectivity index (χ4n) is 2.83. The van der Waals surface area contributed by atoms with Gasteiger partial charge in [0.1, 0.15) is 5.75 Å². The number of ketones is 1. The summed E-state index contributed by atoms with van der Waals surface area (Å²) < 4.78 is 5.44. The Kier molecular flexibility index (Phi) is 5.60. The van der Waals surface area contributed by atoms with E-state index in [9.17, 15) is 4.79 Å². The summed E-state index contributed by atoms with van der Waals surface area (Å²) in [7, 11) is 1.69. The first-order valence-electron chi connectivity index (χ1n) is 7.61. The van der Waals surface area contributed by atoms with E-state index in [1.165, 1.54) is 32.1 Å². The van der Waals surface area contributed by atoms with E-state index in [0.29, 0.717) is 0 Å². The highest BCUT2D eigenvalue weighted by molar-refractivity contribution is 5.94. The molecule has 1 aromatic carbocycles. The highest BCUT2D eigenvalue weighted by atomic mass is 16.5. The Morgan fingerprint density at radius 2 is 1.80 bits per heavy atom. The molecule has 0 spiro atoms. The van der Waals surface area contributed by atoms with Crippen LogP contribution < -0.4 is 4.74 Å². The maximum absolute atomic E-state index is 11.5. The molecule has 0 aliphatic carbocycles. The maximum atomic E-state index is 11.5. The summed E-state index contributed by atoms with van der Waals surface area (Å²) in [6.45, 7) is 4.78. The van der Waals surface area contributed by atoms with Gasteiger partial charge >= 0.3 is 0 Å². The van der Waals surface area contributed by atoms with Crippen LogP contribution in [0.15, 0.2) is 18.2 Å². The van der Waals surface area contributed by atoms with Gasteiger partial charge in [-0.1, -0.05) is 19.3 Å². The first kappa shape index (κ1) is 15.0. The van der Waals surface area contributed by atoms with Gasteiger partial charge in [0.25, 0.3) is 0 Å². The number of likely N-dealkylation sites (tertiary alicyclic amines) is 1. The lowest BCUT2D eigenvalue weighted by Crippen LogP contribution is -2.27. The molecular weight excluding hydrogens is 250 g/mol. The summed E-state index contributed by atoms with van der Waals surface area (Å²) in [5.74, 6) is 0.999. The summed E-state index contributed by atoms with van der Waals surface area (Å²) in [4.78, 5) is 14.0. The SMILES string of the molecule is COc1ccc(C(C)=O)cc1CN1CCCCCCC1. The van der Waals surface area contributed by atoms with Gasteiger partial charge in [0, 0.05) is 17.7 Å². The summed E-state index contributed by atoms with van der Waals surface area (Å²) in [5, 5.41) is 0. The monoisotopic (exact) mass is 275 g/mol. The maximum Gasteiger partial charge on any atom is 0.159 e. The Morgan fingerprint density at radius 3 is 2.40 bits per heavy atom. The number of methoxy groups -OCH3 is 1. The lowest BCUT2D eigenvalue weighted by Gasteiger charge is -2.25.